The molecule has 35 heteroatoms. The molecule has 0 aromatic rings. The summed E-state index contributed by atoms with van der Waals surface area (Å²) in [6.45, 7) is 17.0. The fourth-order valence-corrected chi connectivity index (χ4v) is 14.1. The van der Waals surface area contributed by atoms with Crippen LogP contribution in [0.25, 0.3) is 0 Å². The van der Waals surface area contributed by atoms with Gasteiger partial charge in [0, 0.05) is 125 Å². The predicted octanol–water partition coefficient (Wildman–Crippen LogP) is 5.12. The molecule has 606 valence electrons. The number of nitrogens with zero attached hydrogens (tertiary/aromatic N) is 5. The molecular formula is C70H121N5O24S6. The van der Waals surface area contributed by atoms with Crippen molar-refractivity contribution in [3.8, 4) is 0 Å². The Bertz CT molecular complexity index is 2250. The second-order valence-corrected chi connectivity index (χ2v) is 31.2. The first-order valence-electron chi connectivity index (χ1n) is 35.9. The molecule has 0 radical (unpaired) electrons. The molecule has 1 saturated heterocycles. The largest absolute Gasteiger partial charge is 0.462 e. The van der Waals surface area contributed by atoms with Gasteiger partial charge in [-0.05, 0) is 51.6 Å². The molecule has 0 saturated carbocycles. The summed E-state index contributed by atoms with van der Waals surface area (Å²) in [4.78, 5) is 161. The quantitative estimate of drug-likeness (QED) is 0.0433. The maximum Gasteiger partial charge on any atom is 0.309 e. The van der Waals surface area contributed by atoms with Crippen LogP contribution in [-0.4, -0.2) is 345 Å². The average Bonchev–Trinajstić information content (AvgIpc) is 0.950. The summed E-state index contributed by atoms with van der Waals surface area (Å²) in [5.41, 5.74) is 0. The van der Waals surface area contributed by atoms with E-state index in [-0.39, 0.29) is 192 Å². The minimum absolute atomic E-state index is 0.00460. The molecule has 0 aromatic heterocycles. The van der Waals surface area contributed by atoms with Crippen LogP contribution in [-0.2, 0) is 114 Å². The highest BCUT2D eigenvalue weighted by molar-refractivity contribution is 8.00. The van der Waals surface area contributed by atoms with Crippen molar-refractivity contribution < 1.29 is 114 Å². The highest BCUT2D eigenvalue weighted by atomic mass is 32.2. The topological polar surface area (TPSA) is 332 Å². The van der Waals surface area contributed by atoms with E-state index in [0.717, 1.165) is 39.1 Å². The van der Waals surface area contributed by atoms with Crippen molar-refractivity contribution in [2.45, 2.75) is 86.5 Å². The van der Waals surface area contributed by atoms with Gasteiger partial charge in [0.15, 0.2) is 0 Å². The summed E-state index contributed by atoms with van der Waals surface area (Å²) in [7, 11) is 2.09. The molecule has 0 aliphatic carbocycles. The van der Waals surface area contributed by atoms with E-state index in [1.54, 1.807) is 41.5 Å². The first kappa shape index (κ1) is 98.5. The van der Waals surface area contributed by atoms with E-state index in [2.05, 4.69) is 16.8 Å². The van der Waals surface area contributed by atoms with Gasteiger partial charge in [0.2, 0.25) is 0 Å². The summed E-state index contributed by atoms with van der Waals surface area (Å²) in [6.07, 6.45) is 8.42. The van der Waals surface area contributed by atoms with Gasteiger partial charge < -0.3 is 81.3 Å². The smallest absolute Gasteiger partial charge is 0.309 e. The molecule has 6 atom stereocenters. The first-order chi connectivity index (χ1) is 50.3. The molecule has 0 bridgehead atoms. The maximum atomic E-state index is 13.0. The minimum Gasteiger partial charge on any atom is -0.462 e. The summed E-state index contributed by atoms with van der Waals surface area (Å²) in [5, 5.41) is 0. The van der Waals surface area contributed by atoms with Gasteiger partial charge in [0.25, 0.3) is 0 Å². The zero-order valence-electron chi connectivity index (χ0n) is 63.9. The van der Waals surface area contributed by atoms with Crippen molar-refractivity contribution in [3.63, 3.8) is 0 Å². The normalized spacial score (nSPS) is 14.2. The molecule has 29 nitrogen and oxygen atoms in total. The number of thioether (sulfide) groups is 6. The Morgan fingerprint density at radius 2 is 0.505 bits per heavy atom. The molecule has 0 aromatic carbocycles. The van der Waals surface area contributed by atoms with Gasteiger partial charge in [0.05, 0.1) is 74.0 Å². The molecular weight excluding hydrogens is 1490 g/mol. The maximum absolute atomic E-state index is 13.0. The van der Waals surface area contributed by atoms with Gasteiger partial charge in [-0.3, -0.25) is 57.5 Å². The van der Waals surface area contributed by atoms with E-state index in [1.165, 1.54) is 70.6 Å². The summed E-state index contributed by atoms with van der Waals surface area (Å²) in [5.74, 6) is -3.29. The number of carbonyl (C=O) groups is 12. The van der Waals surface area contributed by atoms with Crippen LogP contribution in [0, 0.1) is 35.5 Å². The Kier molecular flexibility index (Phi) is 59.4. The van der Waals surface area contributed by atoms with Gasteiger partial charge >= 0.3 is 71.6 Å². The van der Waals surface area contributed by atoms with Crippen molar-refractivity contribution in [1.82, 2.24) is 24.5 Å². The number of piperazine rings is 1. The van der Waals surface area contributed by atoms with Gasteiger partial charge in [-0.1, -0.05) is 41.5 Å². The van der Waals surface area contributed by atoms with E-state index >= 15 is 0 Å². The SMILES string of the molecule is CSCC(C)C(=O)OCCOC(=O)CCN(CCSCC(C)C(=O)OCCOC(=O)CCN(CCCN1CCN(C)CC1)CCC(=O)OCCOC(=O)C(C)CSCCN(CCC(=O)OCCOC(=O)C(C)CSC)CCC(=O)OCCOC(=O)C(C)CSC)CCC(=O)OCCOC(=O)C(C)CSC. The van der Waals surface area contributed by atoms with Gasteiger partial charge in [-0.15, -0.1) is 0 Å². The van der Waals surface area contributed by atoms with Crippen LogP contribution >= 0.6 is 70.6 Å². The lowest BCUT2D eigenvalue weighted by molar-refractivity contribution is -0.154. The van der Waals surface area contributed by atoms with Crippen LogP contribution in [0.4, 0.5) is 0 Å². The van der Waals surface area contributed by atoms with E-state index in [9.17, 15) is 57.5 Å². The summed E-state index contributed by atoms with van der Waals surface area (Å²) >= 11 is 9.07. The Balaban J connectivity index is 2.67. The van der Waals surface area contributed by atoms with Crippen molar-refractivity contribution >= 4 is 142 Å². The molecule has 105 heavy (non-hydrogen) atoms. The average molecular weight is 1610 g/mol. The third kappa shape index (κ3) is 53.1. The first-order valence-corrected chi connectivity index (χ1v) is 43.8. The number of esters is 12. The zero-order valence-corrected chi connectivity index (χ0v) is 68.8. The predicted molar refractivity (Wildman–Crippen MR) is 410 cm³/mol. The number of likely N-dealkylation sites (N-methyl/N-ethyl adjacent to an activating group) is 1. The Morgan fingerprint density at radius 3 is 0.733 bits per heavy atom. The highest BCUT2D eigenvalue weighted by Crippen LogP contribution is 2.16. The number of hydrogen-bond donors (Lipinski definition) is 0. The molecule has 1 aliphatic heterocycles. The lowest BCUT2D eigenvalue weighted by atomic mass is 10.2. The second kappa shape index (κ2) is 63.3. The van der Waals surface area contributed by atoms with Crippen LogP contribution in [0.15, 0.2) is 0 Å². The van der Waals surface area contributed by atoms with E-state index in [0.29, 0.717) is 78.7 Å². The van der Waals surface area contributed by atoms with Crippen LogP contribution < -0.4 is 0 Å². The minimum atomic E-state index is -0.510. The third-order valence-electron chi connectivity index (χ3n) is 15.8. The Morgan fingerprint density at radius 1 is 0.295 bits per heavy atom. The van der Waals surface area contributed by atoms with Gasteiger partial charge in [-0.2, -0.15) is 70.6 Å². The second-order valence-electron chi connectivity index (χ2n) is 25.2. The van der Waals surface area contributed by atoms with Crippen LogP contribution in [0.2, 0.25) is 0 Å². The summed E-state index contributed by atoms with van der Waals surface area (Å²) in [6, 6.07) is 0. The summed E-state index contributed by atoms with van der Waals surface area (Å²) < 4.78 is 63.7. The monoisotopic (exact) mass is 1610 g/mol. The Hall–Kier alpha value is -4.46. The third-order valence-corrected chi connectivity index (χ3v) is 21.5. The molecule has 0 amide bonds. The zero-order chi connectivity index (χ0) is 78.0. The number of ether oxygens (including phenoxy) is 12. The fourth-order valence-electron chi connectivity index (χ4n) is 9.48. The van der Waals surface area contributed by atoms with Gasteiger partial charge in [0.1, 0.15) is 79.3 Å². The van der Waals surface area contributed by atoms with Crippen molar-refractivity contribution in [2.24, 2.45) is 35.5 Å². The molecule has 0 spiro atoms. The van der Waals surface area contributed by atoms with Crippen LogP contribution in [0.1, 0.15) is 86.5 Å². The van der Waals surface area contributed by atoms with Gasteiger partial charge in [-0.25, -0.2) is 0 Å². The number of carbonyl (C=O) groups excluding carboxylic acids is 12. The number of hydrogen-bond acceptors (Lipinski definition) is 35. The fraction of sp³-hybridized carbons (Fsp3) is 0.829. The molecule has 1 rings (SSSR count). The van der Waals surface area contributed by atoms with Crippen molar-refractivity contribution in [1.29, 1.82) is 0 Å². The number of rotatable bonds is 64. The van der Waals surface area contributed by atoms with Crippen LogP contribution in [0.3, 0.4) is 0 Å². The molecule has 1 heterocycles. The van der Waals surface area contributed by atoms with Crippen molar-refractivity contribution in [3.05, 3.63) is 0 Å². The highest BCUT2D eigenvalue weighted by Gasteiger charge is 2.24. The van der Waals surface area contributed by atoms with Crippen LogP contribution in [0.5, 0.6) is 0 Å². The van der Waals surface area contributed by atoms with E-state index < -0.39 is 59.6 Å². The lowest BCUT2D eigenvalue weighted by Crippen LogP contribution is -2.45. The lowest BCUT2D eigenvalue weighted by Gasteiger charge is -2.33. The molecule has 6 unspecified atom stereocenters. The molecule has 1 fully saturated rings. The molecule has 0 N–H and O–H groups in total. The standard InChI is InChI=1S/C70H121N5O24S6/c1-53(47-100-8)65(82)94-39-33-90-61(78)15-23-74(24-16-62(79)91-34-40-95-66(83)54(2)48-101-9)31-45-104-51-57(5)69(86)98-43-37-88-59(76)13-21-72(19-12-20-73-29-27-71(7)28-30-73)22-14-60(77)89-38-44-99-70(87)58(6)52-105-46-32-75(25-17-63(80)92-35-41-96-67(84)55(3)49-102-10)26-18-64(81)93-36-42-97-68(85)56(4)50-103-11/h53-58H,12-52H2,1-11H3. The van der Waals surface area contributed by atoms with Crippen molar-refractivity contribution in [2.75, 3.05) is 249 Å². The Labute approximate surface area is 648 Å². The molecule has 1 aliphatic rings. The van der Waals surface area contributed by atoms with E-state index in [1.807, 2.05) is 39.7 Å². The van der Waals surface area contributed by atoms with E-state index in [4.69, 9.17) is 56.8 Å².